The molecule has 4 nitrogen and oxygen atoms in total. The van der Waals surface area contributed by atoms with Crippen LogP contribution in [0, 0.1) is 6.92 Å². The van der Waals surface area contributed by atoms with E-state index in [2.05, 4.69) is 41.3 Å². The van der Waals surface area contributed by atoms with Gasteiger partial charge in [0.1, 0.15) is 5.52 Å². The van der Waals surface area contributed by atoms with E-state index >= 15 is 0 Å². The first kappa shape index (κ1) is 12.2. The summed E-state index contributed by atoms with van der Waals surface area (Å²) in [5.41, 5.74) is 2.01. The average Bonchev–Trinajstić information content (AvgIpc) is 2.98. The highest BCUT2D eigenvalue weighted by Crippen LogP contribution is 2.27. The van der Waals surface area contributed by atoms with Crippen LogP contribution in [0.2, 0.25) is 0 Å². The molecule has 0 aliphatic carbocycles. The molecule has 0 saturated carbocycles. The van der Waals surface area contributed by atoms with E-state index in [-0.39, 0.29) is 6.04 Å². The third kappa shape index (κ3) is 2.21. The predicted molar refractivity (Wildman–Crippen MR) is 79.6 cm³/mol. The molecule has 1 atom stereocenters. The molecule has 0 radical (unpaired) electrons. The van der Waals surface area contributed by atoms with Crippen molar-refractivity contribution in [3.63, 3.8) is 0 Å². The van der Waals surface area contributed by atoms with Crippen LogP contribution >= 0.6 is 11.3 Å². The van der Waals surface area contributed by atoms with Gasteiger partial charge in [-0.1, -0.05) is 0 Å². The molecule has 3 aromatic rings. The number of aromatic nitrogens is 3. The number of hydrogen-bond acceptors (Lipinski definition) is 4. The second kappa shape index (κ2) is 4.66. The molecule has 1 unspecified atom stereocenters. The lowest BCUT2D eigenvalue weighted by atomic mass is 10.2. The van der Waals surface area contributed by atoms with Gasteiger partial charge >= 0.3 is 0 Å². The van der Waals surface area contributed by atoms with Crippen LogP contribution < -0.4 is 5.32 Å². The fourth-order valence-corrected chi connectivity index (χ4v) is 3.01. The molecule has 3 rings (SSSR count). The van der Waals surface area contributed by atoms with E-state index < -0.39 is 0 Å². The third-order valence-corrected chi connectivity index (χ3v) is 4.37. The summed E-state index contributed by atoms with van der Waals surface area (Å²) < 4.78 is 2.00. The number of rotatable bonds is 3. The van der Waals surface area contributed by atoms with Gasteiger partial charge in [-0.15, -0.1) is 11.3 Å². The minimum atomic E-state index is 0.235. The van der Waals surface area contributed by atoms with E-state index in [0.29, 0.717) is 0 Å². The van der Waals surface area contributed by atoms with Crippen LogP contribution in [-0.2, 0) is 7.05 Å². The van der Waals surface area contributed by atoms with Gasteiger partial charge in [0.05, 0.1) is 17.9 Å². The molecule has 0 aliphatic heterocycles. The SMILES string of the molecule is Cc1ccc(C(C)Nc2nccc3c2ncn3C)s1. The first-order chi connectivity index (χ1) is 9.15. The zero-order valence-electron chi connectivity index (χ0n) is 11.2. The predicted octanol–water partition coefficient (Wildman–Crippen LogP) is 3.51. The van der Waals surface area contributed by atoms with Crippen LogP contribution in [-0.4, -0.2) is 14.5 Å². The largest absolute Gasteiger partial charge is 0.361 e. The molecule has 98 valence electrons. The van der Waals surface area contributed by atoms with Crippen LogP contribution in [0.1, 0.15) is 22.7 Å². The Morgan fingerprint density at radius 3 is 2.84 bits per heavy atom. The van der Waals surface area contributed by atoms with Gasteiger partial charge in [-0.25, -0.2) is 9.97 Å². The summed E-state index contributed by atoms with van der Waals surface area (Å²) in [6, 6.07) is 6.52. The highest BCUT2D eigenvalue weighted by molar-refractivity contribution is 7.12. The Labute approximate surface area is 116 Å². The van der Waals surface area contributed by atoms with E-state index in [1.165, 1.54) is 9.75 Å². The van der Waals surface area contributed by atoms with Crippen LogP contribution in [0.4, 0.5) is 5.82 Å². The second-order valence-corrected chi connectivity index (χ2v) is 6.02. The van der Waals surface area contributed by atoms with Gasteiger partial charge < -0.3 is 9.88 Å². The standard InChI is InChI=1S/C14H16N4S/c1-9-4-5-12(19-9)10(2)17-14-13-11(6-7-15-14)18(3)8-16-13/h4-8,10H,1-3H3,(H,15,17). The maximum absolute atomic E-state index is 4.41. The highest BCUT2D eigenvalue weighted by Gasteiger charge is 2.12. The molecule has 3 aromatic heterocycles. The molecular formula is C14H16N4S. The molecule has 0 bridgehead atoms. The molecule has 19 heavy (non-hydrogen) atoms. The van der Waals surface area contributed by atoms with Gasteiger partial charge in [0, 0.05) is 23.0 Å². The molecule has 0 aliphatic rings. The number of aryl methyl sites for hydroxylation is 2. The maximum atomic E-state index is 4.41. The molecule has 0 spiro atoms. The Bertz CT molecular complexity index is 713. The lowest BCUT2D eigenvalue weighted by Gasteiger charge is -2.13. The fraction of sp³-hybridized carbons (Fsp3) is 0.286. The van der Waals surface area contributed by atoms with Crippen molar-refractivity contribution >= 4 is 28.2 Å². The molecule has 0 aromatic carbocycles. The first-order valence-electron chi connectivity index (χ1n) is 6.24. The monoisotopic (exact) mass is 272 g/mol. The summed E-state index contributed by atoms with van der Waals surface area (Å²) in [7, 11) is 1.99. The number of thiophene rings is 1. The minimum absolute atomic E-state index is 0.235. The van der Waals surface area contributed by atoms with E-state index in [1.54, 1.807) is 0 Å². The Kier molecular flexibility index (Phi) is 2.98. The zero-order chi connectivity index (χ0) is 13.4. The Balaban J connectivity index is 1.93. The van der Waals surface area contributed by atoms with Crippen LogP contribution in [0.15, 0.2) is 30.7 Å². The summed E-state index contributed by atoms with van der Waals surface area (Å²) in [5, 5.41) is 3.45. The maximum Gasteiger partial charge on any atom is 0.154 e. The fourth-order valence-electron chi connectivity index (χ4n) is 2.13. The summed E-state index contributed by atoms with van der Waals surface area (Å²) in [5.74, 6) is 0.844. The van der Waals surface area contributed by atoms with E-state index in [0.717, 1.165) is 16.9 Å². The van der Waals surface area contributed by atoms with Crippen LogP contribution in [0.25, 0.3) is 11.0 Å². The van der Waals surface area contributed by atoms with Gasteiger partial charge in [-0.2, -0.15) is 0 Å². The van der Waals surface area contributed by atoms with Crippen molar-refractivity contribution in [1.82, 2.24) is 14.5 Å². The minimum Gasteiger partial charge on any atom is -0.361 e. The number of imidazole rings is 1. The Morgan fingerprint density at radius 1 is 1.26 bits per heavy atom. The van der Waals surface area contributed by atoms with Gasteiger partial charge in [0.2, 0.25) is 0 Å². The lowest BCUT2D eigenvalue weighted by molar-refractivity contribution is 0.899. The van der Waals surface area contributed by atoms with Crippen LogP contribution in [0.5, 0.6) is 0 Å². The third-order valence-electron chi connectivity index (χ3n) is 3.18. The molecule has 1 N–H and O–H groups in total. The Morgan fingerprint density at radius 2 is 2.11 bits per heavy atom. The van der Waals surface area contributed by atoms with Gasteiger partial charge in [-0.05, 0) is 32.0 Å². The summed E-state index contributed by atoms with van der Waals surface area (Å²) in [6.45, 7) is 4.27. The normalized spacial score (nSPS) is 12.8. The van der Waals surface area contributed by atoms with Gasteiger partial charge in [0.15, 0.2) is 5.82 Å². The molecule has 0 amide bonds. The summed E-state index contributed by atoms with van der Waals surface area (Å²) in [4.78, 5) is 11.5. The molecular weight excluding hydrogens is 256 g/mol. The average molecular weight is 272 g/mol. The molecule has 5 heteroatoms. The highest BCUT2D eigenvalue weighted by atomic mass is 32.1. The van der Waals surface area contributed by atoms with Crippen molar-refractivity contribution in [2.75, 3.05) is 5.32 Å². The molecule has 3 heterocycles. The van der Waals surface area contributed by atoms with Crippen molar-refractivity contribution in [3.05, 3.63) is 40.5 Å². The molecule has 0 saturated heterocycles. The van der Waals surface area contributed by atoms with E-state index in [4.69, 9.17) is 0 Å². The van der Waals surface area contributed by atoms with Crippen molar-refractivity contribution in [2.45, 2.75) is 19.9 Å². The lowest BCUT2D eigenvalue weighted by Crippen LogP contribution is -2.06. The van der Waals surface area contributed by atoms with Crippen molar-refractivity contribution < 1.29 is 0 Å². The second-order valence-electron chi connectivity index (χ2n) is 4.70. The quantitative estimate of drug-likeness (QED) is 0.793. The van der Waals surface area contributed by atoms with E-state index in [1.807, 2.05) is 41.5 Å². The Hall–Kier alpha value is -1.88. The number of nitrogens with zero attached hydrogens (tertiary/aromatic N) is 3. The number of nitrogens with one attached hydrogen (secondary N) is 1. The van der Waals surface area contributed by atoms with Crippen molar-refractivity contribution in [3.8, 4) is 0 Å². The van der Waals surface area contributed by atoms with Crippen molar-refractivity contribution in [1.29, 1.82) is 0 Å². The van der Waals surface area contributed by atoms with Crippen LogP contribution in [0.3, 0.4) is 0 Å². The van der Waals surface area contributed by atoms with E-state index in [9.17, 15) is 0 Å². The molecule has 0 fully saturated rings. The first-order valence-corrected chi connectivity index (χ1v) is 7.05. The number of pyridine rings is 1. The number of anilines is 1. The van der Waals surface area contributed by atoms with Crippen molar-refractivity contribution in [2.24, 2.45) is 7.05 Å². The van der Waals surface area contributed by atoms with Gasteiger partial charge in [0.25, 0.3) is 0 Å². The smallest absolute Gasteiger partial charge is 0.154 e. The zero-order valence-corrected chi connectivity index (χ0v) is 12.0. The number of fused-ring (bicyclic) bond motifs is 1. The summed E-state index contributed by atoms with van der Waals surface area (Å²) in [6.07, 6.45) is 3.64. The topological polar surface area (TPSA) is 42.7 Å². The van der Waals surface area contributed by atoms with Gasteiger partial charge in [-0.3, -0.25) is 0 Å². The summed E-state index contributed by atoms with van der Waals surface area (Å²) >= 11 is 1.81. The number of hydrogen-bond donors (Lipinski definition) is 1.